The molecule has 0 bridgehead atoms. The quantitative estimate of drug-likeness (QED) is 0.680. The van der Waals surface area contributed by atoms with Crippen LogP contribution in [0.25, 0.3) is 11.3 Å². The number of hydrogen-bond donors (Lipinski definition) is 0. The van der Waals surface area contributed by atoms with E-state index in [1.54, 1.807) is 29.4 Å². The van der Waals surface area contributed by atoms with Crippen LogP contribution in [-0.4, -0.2) is 42.5 Å². The predicted molar refractivity (Wildman–Crippen MR) is 106 cm³/mol. The molecular formula is C21H24N6O. The van der Waals surface area contributed by atoms with Crippen LogP contribution in [0, 0.1) is 12.8 Å². The minimum Gasteiger partial charge on any atom is -0.299 e. The van der Waals surface area contributed by atoms with Crippen LogP contribution in [0.3, 0.4) is 0 Å². The van der Waals surface area contributed by atoms with Gasteiger partial charge in [-0.25, -0.2) is 15.0 Å². The number of rotatable bonds is 5. The summed E-state index contributed by atoms with van der Waals surface area (Å²) in [6, 6.07) is 7.34. The van der Waals surface area contributed by atoms with Gasteiger partial charge < -0.3 is 0 Å². The first-order valence-electron chi connectivity index (χ1n) is 9.65. The predicted octanol–water partition coefficient (Wildman–Crippen LogP) is 2.32. The highest BCUT2D eigenvalue weighted by atomic mass is 16.1. The normalized spacial score (nSPS) is 15.6. The summed E-state index contributed by atoms with van der Waals surface area (Å²) in [4.78, 5) is 32.1. The highest BCUT2D eigenvalue weighted by Gasteiger charge is 2.20. The first kappa shape index (κ1) is 18.4. The third kappa shape index (κ3) is 4.48. The first-order valence-corrected chi connectivity index (χ1v) is 9.65. The molecule has 144 valence electrons. The zero-order valence-corrected chi connectivity index (χ0v) is 16.0. The van der Waals surface area contributed by atoms with Crippen LogP contribution in [0.5, 0.6) is 0 Å². The van der Waals surface area contributed by atoms with E-state index in [2.05, 4.69) is 24.8 Å². The number of nitrogens with zero attached hydrogens (tertiary/aromatic N) is 6. The molecule has 0 saturated carbocycles. The summed E-state index contributed by atoms with van der Waals surface area (Å²) in [5.74, 6) is 1.31. The Kier molecular flexibility index (Phi) is 5.53. The van der Waals surface area contributed by atoms with Gasteiger partial charge in [-0.1, -0.05) is 0 Å². The maximum absolute atomic E-state index is 12.5. The number of pyridine rings is 1. The van der Waals surface area contributed by atoms with Crippen molar-refractivity contribution in [2.24, 2.45) is 5.92 Å². The van der Waals surface area contributed by atoms with E-state index in [-0.39, 0.29) is 5.56 Å². The molecule has 4 heterocycles. The van der Waals surface area contributed by atoms with E-state index < -0.39 is 0 Å². The Bertz CT molecular complexity index is 979. The van der Waals surface area contributed by atoms with Gasteiger partial charge in [0.05, 0.1) is 17.7 Å². The Labute approximate surface area is 164 Å². The van der Waals surface area contributed by atoms with Crippen molar-refractivity contribution < 1.29 is 0 Å². The molecule has 0 amide bonds. The van der Waals surface area contributed by atoms with E-state index in [0.717, 1.165) is 56.1 Å². The second kappa shape index (κ2) is 8.39. The summed E-state index contributed by atoms with van der Waals surface area (Å²) in [6.07, 6.45) is 9.06. The zero-order chi connectivity index (χ0) is 19.3. The summed E-state index contributed by atoms with van der Waals surface area (Å²) < 4.78 is 1.73. The summed E-state index contributed by atoms with van der Waals surface area (Å²) in [6.45, 7) is 5.53. The van der Waals surface area contributed by atoms with Crippen LogP contribution < -0.4 is 5.56 Å². The first-order chi connectivity index (χ1) is 13.7. The van der Waals surface area contributed by atoms with Gasteiger partial charge in [0.25, 0.3) is 5.56 Å². The van der Waals surface area contributed by atoms with Crippen molar-refractivity contribution in [2.75, 3.05) is 13.1 Å². The van der Waals surface area contributed by atoms with Crippen molar-refractivity contribution in [3.8, 4) is 11.3 Å². The maximum atomic E-state index is 12.5. The molecule has 4 rings (SSSR count). The average Bonchev–Trinajstić information content (AvgIpc) is 2.72. The molecule has 1 fully saturated rings. The van der Waals surface area contributed by atoms with Crippen molar-refractivity contribution in [1.82, 2.24) is 29.4 Å². The molecule has 7 nitrogen and oxygen atoms in total. The molecule has 1 aliphatic heterocycles. The van der Waals surface area contributed by atoms with Crippen molar-refractivity contribution in [3.63, 3.8) is 0 Å². The standard InChI is InChI=1S/C21H24N6O/c1-16-23-8-4-19(25-16)14-26-9-5-17(6-10-26)13-27-15-24-20(11-21(27)28)18-3-2-7-22-12-18/h2-4,7-8,11-12,15,17H,5-6,9-10,13-14H2,1H3. The maximum Gasteiger partial charge on any atom is 0.253 e. The van der Waals surface area contributed by atoms with E-state index in [1.165, 1.54) is 0 Å². The molecular weight excluding hydrogens is 352 g/mol. The molecule has 0 unspecified atom stereocenters. The third-order valence-electron chi connectivity index (χ3n) is 5.22. The van der Waals surface area contributed by atoms with E-state index in [0.29, 0.717) is 11.6 Å². The molecule has 3 aromatic heterocycles. The Morgan fingerprint density at radius 2 is 2.00 bits per heavy atom. The van der Waals surface area contributed by atoms with Crippen LogP contribution >= 0.6 is 0 Å². The largest absolute Gasteiger partial charge is 0.299 e. The molecule has 1 saturated heterocycles. The van der Waals surface area contributed by atoms with Gasteiger partial charge in [-0.3, -0.25) is 19.2 Å². The van der Waals surface area contributed by atoms with Crippen LogP contribution in [0.15, 0.2) is 54.0 Å². The lowest BCUT2D eigenvalue weighted by Crippen LogP contribution is -2.36. The van der Waals surface area contributed by atoms with E-state index in [9.17, 15) is 4.79 Å². The van der Waals surface area contributed by atoms with Gasteiger partial charge in [0, 0.05) is 43.3 Å². The second-order valence-electron chi connectivity index (χ2n) is 7.32. The third-order valence-corrected chi connectivity index (χ3v) is 5.22. The molecule has 28 heavy (non-hydrogen) atoms. The summed E-state index contributed by atoms with van der Waals surface area (Å²) >= 11 is 0. The van der Waals surface area contributed by atoms with Gasteiger partial charge in [0.1, 0.15) is 5.82 Å². The monoisotopic (exact) mass is 376 g/mol. The molecule has 0 atom stereocenters. The number of piperidine rings is 1. The number of likely N-dealkylation sites (tertiary alicyclic amines) is 1. The van der Waals surface area contributed by atoms with Crippen LogP contribution in [0.2, 0.25) is 0 Å². The lowest BCUT2D eigenvalue weighted by molar-refractivity contribution is 0.164. The van der Waals surface area contributed by atoms with Crippen molar-refractivity contribution in [2.45, 2.75) is 32.9 Å². The second-order valence-corrected chi connectivity index (χ2v) is 7.32. The summed E-state index contributed by atoms with van der Waals surface area (Å²) in [5.41, 5.74) is 2.59. The average molecular weight is 376 g/mol. The zero-order valence-electron chi connectivity index (χ0n) is 16.0. The summed E-state index contributed by atoms with van der Waals surface area (Å²) in [7, 11) is 0. The minimum atomic E-state index is -0.00672. The van der Waals surface area contributed by atoms with Gasteiger partial charge in [-0.05, 0) is 57.0 Å². The molecule has 0 spiro atoms. The molecule has 1 aliphatic rings. The number of hydrogen-bond acceptors (Lipinski definition) is 6. The Morgan fingerprint density at radius 3 is 2.71 bits per heavy atom. The van der Waals surface area contributed by atoms with Crippen LogP contribution in [0.4, 0.5) is 0 Å². The van der Waals surface area contributed by atoms with E-state index in [1.807, 2.05) is 31.3 Å². The molecule has 0 N–H and O–H groups in total. The lowest BCUT2D eigenvalue weighted by atomic mass is 9.96. The SMILES string of the molecule is Cc1nccc(CN2CCC(Cn3cnc(-c4cccnc4)cc3=O)CC2)n1. The summed E-state index contributed by atoms with van der Waals surface area (Å²) in [5, 5.41) is 0. The molecule has 7 heteroatoms. The molecule has 3 aromatic rings. The van der Waals surface area contributed by atoms with Crippen molar-refractivity contribution in [3.05, 3.63) is 71.1 Å². The van der Waals surface area contributed by atoms with Gasteiger partial charge in [-0.2, -0.15) is 0 Å². The minimum absolute atomic E-state index is 0.00672. The van der Waals surface area contributed by atoms with Crippen LogP contribution in [-0.2, 0) is 13.1 Å². The fraction of sp³-hybridized carbons (Fsp3) is 0.381. The van der Waals surface area contributed by atoms with Gasteiger partial charge in [0.2, 0.25) is 0 Å². The lowest BCUT2D eigenvalue weighted by Gasteiger charge is -2.31. The Hall–Kier alpha value is -2.93. The molecule has 0 radical (unpaired) electrons. The fourth-order valence-electron chi connectivity index (χ4n) is 3.66. The number of aromatic nitrogens is 5. The van der Waals surface area contributed by atoms with E-state index in [4.69, 9.17) is 0 Å². The highest BCUT2D eigenvalue weighted by Crippen LogP contribution is 2.20. The molecule has 0 aromatic carbocycles. The van der Waals surface area contributed by atoms with Gasteiger partial charge >= 0.3 is 0 Å². The van der Waals surface area contributed by atoms with Crippen LogP contribution in [0.1, 0.15) is 24.4 Å². The van der Waals surface area contributed by atoms with Gasteiger partial charge in [-0.15, -0.1) is 0 Å². The molecule has 0 aliphatic carbocycles. The van der Waals surface area contributed by atoms with E-state index >= 15 is 0 Å². The Morgan fingerprint density at radius 1 is 1.14 bits per heavy atom. The van der Waals surface area contributed by atoms with Crippen molar-refractivity contribution in [1.29, 1.82) is 0 Å². The number of aryl methyl sites for hydroxylation is 1. The van der Waals surface area contributed by atoms with Gasteiger partial charge in [0.15, 0.2) is 0 Å². The highest BCUT2D eigenvalue weighted by molar-refractivity contribution is 5.56. The topological polar surface area (TPSA) is 76.8 Å². The van der Waals surface area contributed by atoms with Crippen molar-refractivity contribution >= 4 is 0 Å². The fourth-order valence-corrected chi connectivity index (χ4v) is 3.66. The Balaban J connectivity index is 1.34. The smallest absolute Gasteiger partial charge is 0.253 e.